The molecule has 39 heavy (non-hydrogen) atoms. The molecule has 0 atom stereocenters. The number of aromatic nitrogens is 2. The number of hydrogen-bond donors (Lipinski definition) is 0. The molecule has 0 radical (unpaired) electrons. The molecule has 1 rings (SSSR count). The highest BCUT2D eigenvalue weighted by atomic mass is 15.1. The van der Waals surface area contributed by atoms with Gasteiger partial charge in [-0.3, -0.25) is 0 Å². The van der Waals surface area contributed by atoms with Gasteiger partial charge in [0, 0.05) is 6.42 Å². The molecule has 0 amide bonds. The van der Waals surface area contributed by atoms with Crippen LogP contribution in [0.3, 0.4) is 0 Å². The van der Waals surface area contributed by atoms with Gasteiger partial charge in [-0.25, -0.2) is 9.13 Å². The number of aryl methyl sites for hydroxylation is 2. The fraction of sp³-hybridized carbons (Fsp3) is 0.919. The Balaban J connectivity index is 2.26. The third kappa shape index (κ3) is 21.6. The number of hydrogen-bond acceptors (Lipinski definition) is 0. The molecular weight excluding hydrogens is 472 g/mol. The molecule has 1 heterocycles. The van der Waals surface area contributed by atoms with Crippen molar-refractivity contribution in [3.05, 3.63) is 18.2 Å². The lowest BCUT2D eigenvalue weighted by molar-refractivity contribution is -0.704. The molecule has 0 aliphatic rings. The summed E-state index contributed by atoms with van der Waals surface area (Å²) in [7, 11) is 0. The molecule has 1 aromatic heterocycles. The van der Waals surface area contributed by atoms with Gasteiger partial charge in [0.1, 0.15) is 12.4 Å². The van der Waals surface area contributed by atoms with Crippen LogP contribution in [-0.2, 0) is 19.5 Å². The molecule has 0 saturated heterocycles. The van der Waals surface area contributed by atoms with Crippen molar-refractivity contribution in [3.8, 4) is 0 Å². The fourth-order valence-electron chi connectivity index (χ4n) is 6.15. The highest BCUT2D eigenvalue weighted by molar-refractivity contribution is 4.84. The van der Waals surface area contributed by atoms with Crippen LogP contribution in [0.15, 0.2) is 12.4 Å². The van der Waals surface area contributed by atoms with E-state index in [-0.39, 0.29) is 0 Å². The first-order valence-electron chi connectivity index (χ1n) is 18.4. The van der Waals surface area contributed by atoms with Crippen molar-refractivity contribution in [1.29, 1.82) is 0 Å². The van der Waals surface area contributed by atoms with E-state index >= 15 is 0 Å². The molecule has 0 unspecified atom stereocenters. The molecule has 230 valence electrons. The Morgan fingerprint density at radius 3 is 1.23 bits per heavy atom. The highest BCUT2D eigenvalue weighted by Gasteiger charge is 2.16. The number of unbranched alkanes of at least 4 members (excludes halogenated alkanes) is 25. The molecule has 2 heteroatoms. The summed E-state index contributed by atoms with van der Waals surface area (Å²) in [6, 6.07) is 0. The van der Waals surface area contributed by atoms with Crippen molar-refractivity contribution in [1.82, 2.24) is 4.57 Å². The largest absolute Gasteiger partial charge is 0.256 e. The maximum Gasteiger partial charge on any atom is 0.256 e. The fourth-order valence-corrected chi connectivity index (χ4v) is 6.15. The summed E-state index contributed by atoms with van der Waals surface area (Å²) < 4.78 is 5.24. The van der Waals surface area contributed by atoms with Crippen LogP contribution >= 0.6 is 0 Å². The van der Waals surface area contributed by atoms with E-state index in [2.05, 4.69) is 42.3 Å². The number of imidazole rings is 1. The average molecular weight is 546 g/mol. The molecule has 0 fully saturated rings. The zero-order chi connectivity index (χ0) is 28.1. The van der Waals surface area contributed by atoms with E-state index in [1.807, 2.05) is 0 Å². The Morgan fingerprint density at radius 2 is 0.795 bits per heavy atom. The molecule has 0 aromatic carbocycles. The van der Waals surface area contributed by atoms with Crippen LogP contribution < -0.4 is 4.57 Å². The quantitative estimate of drug-likeness (QED) is 0.0648. The van der Waals surface area contributed by atoms with E-state index in [4.69, 9.17) is 0 Å². The predicted molar refractivity (Wildman–Crippen MR) is 175 cm³/mol. The van der Waals surface area contributed by atoms with Crippen molar-refractivity contribution in [2.45, 2.75) is 220 Å². The highest BCUT2D eigenvalue weighted by Crippen LogP contribution is 2.15. The SMILES string of the molecule is CCCCCCCCCCCCCCCn1cc[n+](CCCCCCCCCCC)c1CCCCCCCC. The summed E-state index contributed by atoms with van der Waals surface area (Å²) in [6.07, 6.45) is 45.9. The van der Waals surface area contributed by atoms with Crippen molar-refractivity contribution >= 4 is 0 Å². The van der Waals surface area contributed by atoms with Crippen LogP contribution in [0.4, 0.5) is 0 Å². The van der Waals surface area contributed by atoms with Crippen molar-refractivity contribution in [2.24, 2.45) is 0 Å². The van der Waals surface area contributed by atoms with E-state index in [0.29, 0.717) is 0 Å². The van der Waals surface area contributed by atoms with Gasteiger partial charge in [-0.1, -0.05) is 168 Å². The molecule has 0 spiro atoms. The lowest BCUT2D eigenvalue weighted by Crippen LogP contribution is -2.37. The van der Waals surface area contributed by atoms with Gasteiger partial charge < -0.3 is 0 Å². The van der Waals surface area contributed by atoms with Gasteiger partial charge in [0.05, 0.1) is 13.1 Å². The van der Waals surface area contributed by atoms with Gasteiger partial charge in [0.15, 0.2) is 0 Å². The molecule has 0 aliphatic heterocycles. The van der Waals surface area contributed by atoms with Gasteiger partial charge >= 0.3 is 0 Å². The third-order valence-electron chi connectivity index (χ3n) is 8.85. The molecule has 0 saturated carbocycles. The molecule has 0 aliphatic carbocycles. The zero-order valence-corrected chi connectivity index (χ0v) is 27.5. The van der Waals surface area contributed by atoms with Crippen LogP contribution in [-0.4, -0.2) is 4.57 Å². The Morgan fingerprint density at radius 1 is 0.436 bits per heavy atom. The number of rotatable bonds is 31. The average Bonchev–Trinajstić information content (AvgIpc) is 3.33. The second kappa shape index (κ2) is 28.7. The monoisotopic (exact) mass is 546 g/mol. The summed E-state index contributed by atoms with van der Waals surface area (Å²) in [5.41, 5.74) is 0. The summed E-state index contributed by atoms with van der Waals surface area (Å²) in [5, 5.41) is 0. The smallest absolute Gasteiger partial charge is 0.234 e. The van der Waals surface area contributed by atoms with Crippen LogP contribution in [0, 0.1) is 0 Å². The molecule has 0 bridgehead atoms. The zero-order valence-electron chi connectivity index (χ0n) is 27.5. The molecule has 2 nitrogen and oxygen atoms in total. The second-order valence-corrected chi connectivity index (χ2v) is 12.7. The van der Waals surface area contributed by atoms with Crippen LogP contribution in [0.25, 0.3) is 0 Å². The number of nitrogens with zero attached hydrogens (tertiary/aromatic N) is 2. The Hall–Kier alpha value is -0.790. The molecule has 1 aromatic rings. The minimum atomic E-state index is 1.23. The Labute approximate surface area is 247 Å². The topological polar surface area (TPSA) is 8.81 Å². The first-order chi connectivity index (χ1) is 19.3. The lowest BCUT2D eigenvalue weighted by atomic mass is 10.0. The maximum absolute atomic E-state index is 2.62. The van der Waals surface area contributed by atoms with Gasteiger partial charge in [-0.05, 0) is 32.1 Å². The first-order valence-corrected chi connectivity index (χ1v) is 18.4. The summed E-state index contributed by atoms with van der Waals surface area (Å²) in [6.45, 7) is 9.40. The minimum Gasteiger partial charge on any atom is -0.234 e. The molecule has 0 N–H and O–H groups in total. The minimum absolute atomic E-state index is 1.23. The predicted octanol–water partition coefficient (Wildman–Crippen LogP) is 12.3. The summed E-state index contributed by atoms with van der Waals surface area (Å²) >= 11 is 0. The molecular formula is C37H73N2+. The third-order valence-corrected chi connectivity index (χ3v) is 8.85. The van der Waals surface area contributed by atoms with Crippen molar-refractivity contribution < 1.29 is 4.57 Å². The van der Waals surface area contributed by atoms with Crippen LogP contribution in [0.5, 0.6) is 0 Å². The lowest BCUT2D eigenvalue weighted by Gasteiger charge is -2.07. The van der Waals surface area contributed by atoms with Gasteiger partial charge in [-0.2, -0.15) is 0 Å². The van der Waals surface area contributed by atoms with Gasteiger partial charge in [0.25, 0.3) is 5.82 Å². The normalized spacial score (nSPS) is 11.6. The van der Waals surface area contributed by atoms with Gasteiger partial charge in [-0.15, -0.1) is 0 Å². The van der Waals surface area contributed by atoms with Crippen LogP contribution in [0.1, 0.15) is 206 Å². The van der Waals surface area contributed by atoms with E-state index in [1.165, 1.54) is 199 Å². The second-order valence-electron chi connectivity index (χ2n) is 12.7. The van der Waals surface area contributed by atoms with E-state index in [9.17, 15) is 0 Å². The van der Waals surface area contributed by atoms with Crippen molar-refractivity contribution in [3.63, 3.8) is 0 Å². The maximum atomic E-state index is 2.62. The Kier molecular flexibility index (Phi) is 26.7. The Bertz CT molecular complexity index is 605. The van der Waals surface area contributed by atoms with Crippen molar-refractivity contribution in [2.75, 3.05) is 0 Å². The van der Waals surface area contributed by atoms with Crippen LogP contribution in [0.2, 0.25) is 0 Å². The first kappa shape index (κ1) is 36.2. The van der Waals surface area contributed by atoms with Gasteiger partial charge in [0.2, 0.25) is 0 Å². The van der Waals surface area contributed by atoms with E-state index < -0.39 is 0 Å². The van der Waals surface area contributed by atoms with E-state index in [0.717, 1.165) is 0 Å². The summed E-state index contributed by atoms with van der Waals surface area (Å²) in [5.74, 6) is 1.61. The standard InChI is InChI=1S/C37H73N2/c1-4-7-10-13-16-18-19-20-21-23-25-28-31-34-39-36-35-38(37(39)32-29-26-15-12-9-6-3)33-30-27-24-22-17-14-11-8-5-2/h35-36H,4-34H2,1-3H3/q+1. The summed E-state index contributed by atoms with van der Waals surface area (Å²) in [4.78, 5) is 0. The van der Waals surface area contributed by atoms with E-state index in [1.54, 1.807) is 5.82 Å².